The molecule has 372 valence electrons. The van der Waals surface area contributed by atoms with Crippen LogP contribution in [0, 0.1) is 0 Å². The highest BCUT2D eigenvalue weighted by Gasteiger charge is 2.56. The van der Waals surface area contributed by atoms with Gasteiger partial charge in [0.15, 0.2) is 18.9 Å². The van der Waals surface area contributed by atoms with E-state index in [9.17, 15) is 75.0 Å². The van der Waals surface area contributed by atoms with Crippen LogP contribution in [0.5, 0.6) is 0 Å². The zero-order valence-electron chi connectivity index (χ0n) is 35.6. The van der Waals surface area contributed by atoms with Crippen LogP contribution in [-0.4, -0.2) is 241 Å². The van der Waals surface area contributed by atoms with E-state index < -0.39 is 178 Å². The van der Waals surface area contributed by atoms with Gasteiger partial charge in [-0.3, -0.25) is 24.0 Å². The van der Waals surface area contributed by atoms with Crippen LogP contribution in [0.1, 0.15) is 27.2 Å². The molecule has 0 saturated carbocycles. The quantitative estimate of drug-likeness (QED) is 0.0398. The molecule has 0 aromatic heterocycles. The summed E-state index contributed by atoms with van der Waals surface area (Å²) in [5, 5.41) is 120. The van der Waals surface area contributed by atoms with Crippen molar-refractivity contribution in [2.75, 3.05) is 38.8 Å². The molecule has 0 unspecified atom stereocenters. The van der Waals surface area contributed by atoms with Gasteiger partial charge in [0.1, 0.15) is 96.9 Å². The number of aliphatic hydroxyl groups excluding tert-OH is 10. The lowest BCUT2D eigenvalue weighted by Crippen LogP contribution is -2.70. The summed E-state index contributed by atoms with van der Waals surface area (Å²) in [5.74, 6) is -2.93. The van der Waals surface area contributed by atoms with E-state index in [1.807, 2.05) is 0 Å². The SMILES string of the molecule is C=CC(=O)NCNC(=O)CCS[C@@H]1O[C@H](CO)[C@@H](O[C@@H]2O[C@H](CO)[C@H](O[C@@H]3O[C@H](CO)[C@@H](O[C@@H]4O[C@H](CO)[C@@H](O)[C@H](O)[C@H]4NC(C)=O)[C@H](O)[C@H]3NC(C)=O)[C@H](O)[C@H]2O)[C@H](O)[C@H]1NC(C)=O. The van der Waals surface area contributed by atoms with Gasteiger partial charge in [-0.25, -0.2) is 0 Å². The molecule has 20 atom stereocenters. The monoisotopic (exact) mass is 959 g/mol. The number of ether oxygens (including phenoxy) is 7. The molecule has 5 amide bonds. The number of hydrogen-bond donors (Lipinski definition) is 15. The summed E-state index contributed by atoms with van der Waals surface area (Å²) >= 11 is 1.00. The Morgan fingerprint density at radius 1 is 0.554 bits per heavy atom. The summed E-state index contributed by atoms with van der Waals surface area (Å²) in [4.78, 5) is 60.2. The second-order valence-electron chi connectivity index (χ2n) is 15.5. The molecule has 4 aliphatic rings. The van der Waals surface area contributed by atoms with Gasteiger partial charge < -0.3 is 111 Å². The molecule has 15 N–H and O–H groups in total. The number of nitrogens with one attached hydrogen (secondary N) is 5. The van der Waals surface area contributed by atoms with Crippen LogP contribution in [0.2, 0.25) is 0 Å². The molecule has 4 aliphatic heterocycles. The highest BCUT2D eigenvalue weighted by Crippen LogP contribution is 2.36. The van der Waals surface area contributed by atoms with Crippen LogP contribution < -0.4 is 26.6 Å². The maximum atomic E-state index is 12.4. The molecule has 0 spiro atoms. The van der Waals surface area contributed by atoms with Crippen LogP contribution in [0.4, 0.5) is 0 Å². The van der Waals surface area contributed by atoms with E-state index in [1.165, 1.54) is 0 Å². The van der Waals surface area contributed by atoms with Gasteiger partial charge in [0.05, 0.1) is 39.1 Å². The van der Waals surface area contributed by atoms with E-state index in [1.54, 1.807) is 0 Å². The van der Waals surface area contributed by atoms with Crippen molar-refractivity contribution in [3.8, 4) is 0 Å². The number of carbonyl (C=O) groups is 5. The van der Waals surface area contributed by atoms with E-state index >= 15 is 0 Å². The minimum atomic E-state index is -2.07. The summed E-state index contributed by atoms with van der Waals surface area (Å²) in [6.07, 6.45) is -26.5. The summed E-state index contributed by atoms with van der Waals surface area (Å²) in [6, 6.07) is -4.35. The first-order valence-corrected chi connectivity index (χ1v) is 21.5. The molecule has 4 saturated heterocycles. The fraction of sp³-hybridized carbons (Fsp3) is 0.811. The Morgan fingerprint density at radius 2 is 0.985 bits per heavy atom. The first kappa shape index (κ1) is 54.4. The number of carbonyl (C=O) groups excluding carboxylic acids is 5. The highest BCUT2D eigenvalue weighted by molar-refractivity contribution is 7.99. The lowest BCUT2D eigenvalue weighted by molar-refractivity contribution is -0.369. The largest absolute Gasteiger partial charge is 0.394 e. The Labute approximate surface area is 376 Å². The van der Waals surface area contributed by atoms with Gasteiger partial charge in [0.25, 0.3) is 0 Å². The topological polar surface area (TPSA) is 412 Å². The number of hydrogen-bond acceptors (Lipinski definition) is 23. The van der Waals surface area contributed by atoms with E-state index in [-0.39, 0.29) is 18.8 Å². The van der Waals surface area contributed by atoms with Gasteiger partial charge in [-0.1, -0.05) is 6.58 Å². The molecule has 27 nitrogen and oxygen atoms in total. The Balaban J connectivity index is 1.48. The normalized spacial score (nSPS) is 39.6. The van der Waals surface area contributed by atoms with Crippen molar-refractivity contribution in [2.24, 2.45) is 0 Å². The van der Waals surface area contributed by atoms with Crippen molar-refractivity contribution >= 4 is 41.3 Å². The van der Waals surface area contributed by atoms with Crippen molar-refractivity contribution in [3.63, 3.8) is 0 Å². The minimum absolute atomic E-state index is 0.0834. The zero-order valence-corrected chi connectivity index (χ0v) is 36.4. The van der Waals surface area contributed by atoms with E-state index in [2.05, 4.69) is 33.2 Å². The number of amides is 5. The number of aliphatic hydroxyl groups is 10. The molecule has 65 heavy (non-hydrogen) atoms. The summed E-state index contributed by atoms with van der Waals surface area (Å²) in [7, 11) is 0. The Bertz CT molecular complexity index is 1610. The zero-order chi connectivity index (χ0) is 48.3. The first-order valence-electron chi connectivity index (χ1n) is 20.5. The van der Waals surface area contributed by atoms with Crippen LogP contribution in [0.15, 0.2) is 12.7 Å². The summed E-state index contributed by atoms with van der Waals surface area (Å²) < 4.78 is 41.0. The fourth-order valence-corrected chi connectivity index (χ4v) is 8.74. The Morgan fingerprint density at radius 3 is 1.49 bits per heavy atom. The third kappa shape index (κ3) is 13.9. The molecule has 4 rings (SSSR count). The van der Waals surface area contributed by atoms with Gasteiger partial charge in [-0.05, 0) is 6.08 Å². The standard InChI is InChI=1S/C37H61N5O22S/c1-5-20(50)38-12-39-21(51)6-7-65-37-24(42-15(4)49)28(55)32(19(11-46)61-37)64-36-30(57)29(56)33(18(10-45)60-36)63-35-23(41-14(3)48)27(54)31(17(9-44)59-35)62-34-22(40-13(2)47)26(53)25(52)16(8-43)58-34/h5,16-19,22-37,43-46,52-57H,1,6-12H2,2-4H3,(H,38,50)(H,39,51)(H,40,47)(H,41,48)(H,42,49)/t16-,17-,18-,19-,22-,23-,24-,25-,26-,27-,28-,29-,30-,31-,32-,33+,34+,35+,36+,37+/m1/s1. The molecule has 0 aromatic carbocycles. The average molecular weight is 960 g/mol. The maximum Gasteiger partial charge on any atom is 0.244 e. The maximum absolute atomic E-state index is 12.4. The molecule has 0 radical (unpaired) electrons. The number of rotatable bonds is 20. The summed E-state index contributed by atoms with van der Waals surface area (Å²) in [6.45, 7) is 3.00. The average Bonchev–Trinajstić information content (AvgIpc) is 3.26. The molecule has 0 aliphatic carbocycles. The van der Waals surface area contributed by atoms with Crippen LogP contribution in [-0.2, 0) is 57.1 Å². The lowest BCUT2D eigenvalue weighted by atomic mass is 9.94. The minimum Gasteiger partial charge on any atom is -0.394 e. The van der Waals surface area contributed by atoms with Crippen LogP contribution in [0.3, 0.4) is 0 Å². The van der Waals surface area contributed by atoms with Crippen LogP contribution in [0.25, 0.3) is 0 Å². The predicted molar refractivity (Wildman–Crippen MR) is 215 cm³/mol. The Kier molecular flexibility index (Phi) is 21.1. The third-order valence-corrected chi connectivity index (χ3v) is 11.9. The molecule has 28 heteroatoms. The first-order chi connectivity index (χ1) is 30.8. The molecular weight excluding hydrogens is 898 g/mol. The molecule has 0 bridgehead atoms. The van der Waals surface area contributed by atoms with Gasteiger partial charge in [0, 0.05) is 32.9 Å². The molecule has 4 fully saturated rings. The third-order valence-electron chi connectivity index (χ3n) is 10.7. The molecule has 0 aromatic rings. The highest BCUT2D eigenvalue weighted by atomic mass is 32.2. The van der Waals surface area contributed by atoms with Gasteiger partial charge in [-0.2, -0.15) is 0 Å². The van der Waals surface area contributed by atoms with E-state index in [0.717, 1.165) is 38.6 Å². The second-order valence-corrected chi connectivity index (χ2v) is 16.7. The predicted octanol–water partition coefficient (Wildman–Crippen LogP) is -8.81. The Hall–Kier alpha value is -3.24. The van der Waals surface area contributed by atoms with Crippen molar-refractivity contribution < 1.29 is 108 Å². The number of thioether (sulfide) groups is 1. The lowest BCUT2D eigenvalue weighted by Gasteiger charge is -2.50. The van der Waals surface area contributed by atoms with Crippen LogP contribution >= 0.6 is 11.8 Å². The van der Waals surface area contributed by atoms with Crippen molar-refractivity contribution in [3.05, 3.63) is 12.7 Å². The summed E-state index contributed by atoms with van der Waals surface area (Å²) in [5.41, 5.74) is -1.06. The van der Waals surface area contributed by atoms with Gasteiger partial charge in [-0.15, -0.1) is 11.8 Å². The van der Waals surface area contributed by atoms with Gasteiger partial charge >= 0.3 is 0 Å². The molecular formula is C37H61N5O22S. The van der Waals surface area contributed by atoms with E-state index in [0.29, 0.717) is 0 Å². The smallest absolute Gasteiger partial charge is 0.244 e. The second kappa shape index (κ2) is 25.2. The molecule has 4 heterocycles. The van der Waals surface area contributed by atoms with E-state index in [4.69, 9.17) is 33.2 Å². The van der Waals surface area contributed by atoms with Crippen molar-refractivity contribution in [2.45, 2.75) is 149 Å². The van der Waals surface area contributed by atoms with Crippen molar-refractivity contribution in [1.82, 2.24) is 26.6 Å². The van der Waals surface area contributed by atoms with Crippen molar-refractivity contribution in [1.29, 1.82) is 0 Å². The van der Waals surface area contributed by atoms with Gasteiger partial charge in [0.2, 0.25) is 29.5 Å². The fourth-order valence-electron chi connectivity index (χ4n) is 7.55.